The van der Waals surface area contributed by atoms with Gasteiger partial charge in [0, 0.05) is 29.9 Å². The third-order valence-electron chi connectivity index (χ3n) is 3.60. The molecule has 2 aromatic rings. The second kappa shape index (κ2) is 8.18. The van der Waals surface area contributed by atoms with E-state index in [1.54, 1.807) is 41.3 Å². The van der Waals surface area contributed by atoms with E-state index in [0.717, 1.165) is 0 Å². The minimum atomic E-state index is -0.319. The van der Waals surface area contributed by atoms with Crippen molar-refractivity contribution in [3.63, 3.8) is 0 Å². The van der Waals surface area contributed by atoms with Crippen LogP contribution in [0.15, 0.2) is 42.5 Å². The van der Waals surface area contributed by atoms with Crippen LogP contribution in [-0.4, -0.2) is 29.8 Å². The maximum Gasteiger partial charge on any atom is 0.255 e. The highest BCUT2D eigenvalue weighted by atomic mass is 35.5. The van der Waals surface area contributed by atoms with Crippen LogP contribution in [0.25, 0.3) is 0 Å². The smallest absolute Gasteiger partial charge is 0.255 e. The molecule has 2 amide bonds. The van der Waals surface area contributed by atoms with Gasteiger partial charge in [-0.3, -0.25) is 9.59 Å². The van der Waals surface area contributed by atoms with E-state index in [1.165, 1.54) is 6.07 Å². The highest BCUT2D eigenvalue weighted by Crippen LogP contribution is 2.23. The quantitative estimate of drug-likeness (QED) is 0.833. The molecule has 2 rings (SSSR count). The van der Waals surface area contributed by atoms with E-state index in [4.69, 9.17) is 23.2 Å². The molecule has 0 saturated carbocycles. The lowest BCUT2D eigenvalue weighted by Crippen LogP contribution is -2.30. The number of nitrogens with one attached hydrogen (secondary N) is 1. The van der Waals surface area contributed by atoms with Gasteiger partial charge in [-0.2, -0.15) is 0 Å². The van der Waals surface area contributed by atoms with Gasteiger partial charge in [0.25, 0.3) is 11.8 Å². The normalized spacial score (nSPS) is 10.3. The van der Waals surface area contributed by atoms with Gasteiger partial charge in [-0.05, 0) is 50.2 Å². The van der Waals surface area contributed by atoms with E-state index < -0.39 is 0 Å². The van der Waals surface area contributed by atoms with Crippen molar-refractivity contribution in [3.05, 3.63) is 63.6 Å². The first-order valence-electron chi connectivity index (χ1n) is 7.62. The number of carbonyl (C=O) groups is 2. The Morgan fingerprint density at radius 1 is 0.958 bits per heavy atom. The van der Waals surface area contributed by atoms with Crippen LogP contribution in [0.3, 0.4) is 0 Å². The molecule has 0 fully saturated rings. The standard InChI is InChI=1S/C18H18Cl2N2O2/c1-3-22(4-2)18(24)13-6-5-7-14(10-13)21-17(23)12-8-9-15(19)16(20)11-12/h5-11H,3-4H2,1-2H3,(H,21,23). The molecule has 1 N–H and O–H groups in total. The number of rotatable bonds is 5. The monoisotopic (exact) mass is 364 g/mol. The fraction of sp³-hybridized carbons (Fsp3) is 0.222. The van der Waals surface area contributed by atoms with E-state index in [2.05, 4.69) is 5.32 Å². The van der Waals surface area contributed by atoms with Gasteiger partial charge in [0.2, 0.25) is 0 Å². The topological polar surface area (TPSA) is 49.4 Å². The van der Waals surface area contributed by atoms with Crippen LogP contribution in [0.1, 0.15) is 34.6 Å². The Kier molecular flexibility index (Phi) is 6.23. The Morgan fingerprint density at radius 2 is 1.67 bits per heavy atom. The number of halogens is 2. The van der Waals surface area contributed by atoms with Crippen molar-refractivity contribution in [3.8, 4) is 0 Å². The number of benzene rings is 2. The molecule has 0 aromatic heterocycles. The van der Waals surface area contributed by atoms with Gasteiger partial charge in [0.05, 0.1) is 10.0 Å². The van der Waals surface area contributed by atoms with Crippen molar-refractivity contribution in [2.75, 3.05) is 18.4 Å². The molecule has 2 aromatic carbocycles. The number of hydrogen-bond donors (Lipinski definition) is 1. The summed E-state index contributed by atoms with van der Waals surface area (Å²) in [4.78, 5) is 26.4. The fourth-order valence-electron chi connectivity index (χ4n) is 2.26. The van der Waals surface area contributed by atoms with Gasteiger partial charge in [-0.15, -0.1) is 0 Å². The molecule has 24 heavy (non-hydrogen) atoms. The highest BCUT2D eigenvalue weighted by molar-refractivity contribution is 6.42. The molecule has 0 spiro atoms. The second-order valence-corrected chi connectivity index (χ2v) is 5.96. The summed E-state index contributed by atoms with van der Waals surface area (Å²) in [7, 11) is 0. The first-order valence-corrected chi connectivity index (χ1v) is 8.37. The first kappa shape index (κ1) is 18.3. The van der Waals surface area contributed by atoms with Crippen LogP contribution in [0, 0.1) is 0 Å². The Morgan fingerprint density at radius 3 is 2.29 bits per heavy atom. The molecule has 0 atom stereocenters. The maximum atomic E-state index is 12.4. The second-order valence-electron chi connectivity index (χ2n) is 5.14. The zero-order valence-corrected chi connectivity index (χ0v) is 15.0. The lowest BCUT2D eigenvalue weighted by molar-refractivity contribution is 0.0772. The molecule has 0 bridgehead atoms. The number of nitrogens with zero attached hydrogens (tertiary/aromatic N) is 1. The summed E-state index contributed by atoms with van der Waals surface area (Å²) in [6.45, 7) is 5.12. The molecule has 4 nitrogen and oxygen atoms in total. The van der Waals surface area contributed by atoms with Gasteiger partial charge in [0.15, 0.2) is 0 Å². The van der Waals surface area contributed by atoms with Gasteiger partial charge < -0.3 is 10.2 Å². The SMILES string of the molecule is CCN(CC)C(=O)c1cccc(NC(=O)c2ccc(Cl)c(Cl)c2)c1. The lowest BCUT2D eigenvalue weighted by atomic mass is 10.1. The van der Waals surface area contributed by atoms with Gasteiger partial charge in [-0.1, -0.05) is 29.3 Å². The number of carbonyl (C=O) groups excluding carboxylic acids is 2. The predicted octanol–water partition coefficient (Wildman–Crippen LogP) is 4.73. The van der Waals surface area contributed by atoms with Crippen molar-refractivity contribution in [2.45, 2.75) is 13.8 Å². The predicted molar refractivity (Wildman–Crippen MR) is 98.1 cm³/mol. The molecule has 6 heteroatoms. The van der Waals surface area contributed by atoms with Gasteiger partial charge >= 0.3 is 0 Å². The van der Waals surface area contributed by atoms with E-state index >= 15 is 0 Å². The maximum absolute atomic E-state index is 12.4. The van der Waals surface area contributed by atoms with Gasteiger partial charge in [-0.25, -0.2) is 0 Å². The van der Waals surface area contributed by atoms with Crippen LogP contribution < -0.4 is 5.32 Å². The van der Waals surface area contributed by atoms with Crippen molar-refractivity contribution < 1.29 is 9.59 Å². The lowest BCUT2D eigenvalue weighted by Gasteiger charge is -2.19. The Hall–Kier alpha value is -2.04. The number of anilines is 1. The molecule has 0 heterocycles. The molecule has 0 aliphatic rings. The summed E-state index contributed by atoms with van der Waals surface area (Å²) in [5.41, 5.74) is 1.47. The molecular weight excluding hydrogens is 347 g/mol. The van der Waals surface area contributed by atoms with E-state index in [0.29, 0.717) is 39.9 Å². The van der Waals surface area contributed by atoms with E-state index in [9.17, 15) is 9.59 Å². The number of hydrogen-bond acceptors (Lipinski definition) is 2. The Labute approximate surface area is 151 Å². The molecule has 0 aliphatic carbocycles. The fourth-order valence-corrected chi connectivity index (χ4v) is 2.56. The van der Waals surface area contributed by atoms with Crippen LogP contribution in [0.4, 0.5) is 5.69 Å². The van der Waals surface area contributed by atoms with E-state index in [-0.39, 0.29) is 11.8 Å². The molecule has 0 saturated heterocycles. The van der Waals surface area contributed by atoms with Crippen LogP contribution >= 0.6 is 23.2 Å². The molecule has 0 radical (unpaired) electrons. The Bertz CT molecular complexity index is 758. The Balaban J connectivity index is 2.18. The summed E-state index contributed by atoms with van der Waals surface area (Å²) < 4.78 is 0. The summed E-state index contributed by atoms with van der Waals surface area (Å²) in [6, 6.07) is 11.5. The summed E-state index contributed by atoms with van der Waals surface area (Å²) in [5.74, 6) is -0.383. The molecule has 0 unspecified atom stereocenters. The summed E-state index contributed by atoms with van der Waals surface area (Å²) in [6.07, 6.45) is 0. The first-order chi connectivity index (χ1) is 11.5. The van der Waals surface area contributed by atoms with Crippen molar-refractivity contribution in [1.82, 2.24) is 4.90 Å². The van der Waals surface area contributed by atoms with Crippen molar-refractivity contribution in [2.24, 2.45) is 0 Å². The summed E-state index contributed by atoms with van der Waals surface area (Å²) >= 11 is 11.8. The van der Waals surface area contributed by atoms with Crippen molar-refractivity contribution >= 4 is 40.7 Å². The summed E-state index contributed by atoms with van der Waals surface area (Å²) in [5, 5.41) is 3.47. The zero-order chi connectivity index (χ0) is 17.7. The third-order valence-corrected chi connectivity index (χ3v) is 4.34. The number of amides is 2. The van der Waals surface area contributed by atoms with Crippen LogP contribution in [0.2, 0.25) is 10.0 Å². The van der Waals surface area contributed by atoms with E-state index in [1.807, 2.05) is 13.8 Å². The van der Waals surface area contributed by atoms with Crippen LogP contribution in [0.5, 0.6) is 0 Å². The average molecular weight is 365 g/mol. The minimum absolute atomic E-state index is 0.0642. The highest BCUT2D eigenvalue weighted by Gasteiger charge is 2.14. The minimum Gasteiger partial charge on any atom is -0.339 e. The molecule has 0 aliphatic heterocycles. The zero-order valence-electron chi connectivity index (χ0n) is 13.5. The van der Waals surface area contributed by atoms with Crippen LogP contribution in [-0.2, 0) is 0 Å². The molecular formula is C18H18Cl2N2O2. The largest absolute Gasteiger partial charge is 0.339 e. The van der Waals surface area contributed by atoms with Gasteiger partial charge in [0.1, 0.15) is 0 Å². The average Bonchev–Trinajstić information content (AvgIpc) is 2.58. The van der Waals surface area contributed by atoms with Crippen molar-refractivity contribution in [1.29, 1.82) is 0 Å². The molecule has 126 valence electrons. The third kappa shape index (κ3) is 4.28.